The van der Waals surface area contributed by atoms with Gasteiger partial charge in [-0.2, -0.15) is 4.37 Å². The van der Waals surface area contributed by atoms with Crippen LogP contribution in [0.4, 0.5) is 11.4 Å². The molecule has 0 saturated carbocycles. The van der Waals surface area contributed by atoms with Crippen LogP contribution in [0.1, 0.15) is 57.1 Å². The summed E-state index contributed by atoms with van der Waals surface area (Å²) in [6, 6.07) is 13.2. The Morgan fingerprint density at radius 2 is 1.89 bits per heavy atom. The number of ether oxygens (including phenoxy) is 2. The van der Waals surface area contributed by atoms with Gasteiger partial charge in [0.1, 0.15) is 16.7 Å². The fourth-order valence-corrected chi connectivity index (χ4v) is 5.08. The predicted molar refractivity (Wildman–Crippen MR) is 145 cm³/mol. The average molecular weight is 538 g/mol. The highest BCUT2D eigenvalue weighted by atomic mass is 32.1. The number of carbonyl (C=O) groups excluding carboxylic acids is 3. The standard InChI is InChI=1S/C27H31N5O5S/c1-3-16-6-10-18(11-7-16)32(27(35)24-21(28)22(25(29)33)31-38-24)23(17-8-12-19(36-2)13-9-17)26(34)30-15-20-5-4-14-37-20/h6-13,20,23H,3-5,14-15,28H2,1-2H3,(H2,29,33)(H,30,34). The second kappa shape index (κ2) is 12.1. The minimum absolute atomic E-state index is 0.0174. The second-order valence-corrected chi connectivity index (χ2v) is 9.66. The molecule has 2 aromatic carbocycles. The van der Waals surface area contributed by atoms with Crippen molar-refractivity contribution in [2.75, 3.05) is 30.9 Å². The van der Waals surface area contributed by atoms with E-state index < -0.39 is 23.8 Å². The zero-order valence-electron chi connectivity index (χ0n) is 21.3. The van der Waals surface area contributed by atoms with Crippen LogP contribution in [0, 0.1) is 0 Å². The van der Waals surface area contributed by atoms with Gasteiger partial charge in [0.05, 0.1) is 18.9 Å². The number of nitrogens with two attached hydrogens (primary N) is 2. The first-order chi connectivity index (χ1) is 18.3. The van der Waals surface area contributed by atoms with Crippen molar-refractivity contribution >= 4 is 40.6 Å². The number of rotatable bonds is 10. The highest BCUT2D eigenvalue weighted by Crippen LogP contribution is 2.34. The Hall–Kier alpha value is -3.96. The molecule has 10 nitrogen and oxygen atoms in total. The van der Waals surface area contributed by atoms with Gasteiger partial charge in [0.15, 0.2) is 5.69 Å². The predicted octanol–water partition coefficient (Wildman–Crippen LogP) is 3.08. The van der Waals surface area contributed by atoms with E-state index >= 15 is 0 Å². The number of hydrogen-bond acceptors (Lipinski definition) is 8. The maximum atomic E-state index is 14.1. The fourth-order valence-electron chi connectivity index (χ4n) is 4.33. The minimum atomic E-state index is -1.07. The highest BCUT2D eigenvalue weighted by Gasteiger charge is 2.36. The summed E-state index contributed by atoms with van der Waals surface area (Å²) in [7, 11) is 1.55. The van der Waals surface area contributed by atoms with Crippen molar-refractivity contribution in [1.82, 2.24) is 9.69 Å². The number of benzene rings is 2. The normalized spacial score (nSPS) is 15.6. The van der Waals surface area contributed by atoms with Gasteiger partial charge >= 0.3 is 0 Å². The van der Waals surface area contributed by atoms with Crippen LogP contribution < -0.4 is 26.4 Å². The van der Waals surface area contributed by atoms with Crippen LogP contribution >= 0.6 is 11.5 Å². The molecule has 0 bridgehead atoms. The van der Waals surface area contributed by atoms with Crippen LogP contribution in [0.3, 0.4) is 0 Å². The molecule has 4 rings (SSSR count). The number of nitrogens with zero attached hydrogens (tertiary/aromatic N) is 2. The molecule has 11 heteroatoms. The molecule has 1 aromatic heterocycles. The third kappa shape index (κ3) is 5.79. The monoisotopic (exact) mass is 537 g/mol. The molecule has 1 aliphatic rings. The number of methoxy groups -OCH3 is 1. The summed E-state index contributed by atoms with van der Waals surface area (Å²) >= 11 is 0.769. The highest BCUT2D eigenvalue weighted by molar-refractivity contribution is 7.09. The Morgan fingerprint density at radius 3 is 2.45 bits per heavy atom. The molecule has 2 unspecified atom stereocenters. The number of anilines is 2. The van der Waals surface area contributed by atoms with Crippen molar-refractivity contribution < 1.29 is 23.9 Å². The fraction of sp³-hybridized carbons (Fsp3) is 0.333. The number of carbonyl (C=O) groups is 3. The zero-order valence-corrected chi connectivity index (χ0v) is 22.1. The minimum Gasteiger partial charge on any atom is -0.497 e. The summed E-state index contributed by atoms with van der Waals surface area (Å²) in [6.07, 6.45) is 2.51. The molecule has 3 amide bonds. The number of hydrogen-bond donors (Lipinski definition) is 3. The van der Waals surface area contributed by atoms with Crippen LogP contribution in [0.5, 0.6) is 5.75 Å². The van der Waals surface area contributed by atoms with Crippen LogP contribution in [-0.2, 0) is 16.0 Å². The van der Waals surface area contributed by atoms with E-state index in [2.05, 4.69) is 9.69 Å². The molecule has 3 aromatic rings. The van der Waals surface area contributed by atoms with Crippen LogP contribution in [0.2, 0.25) is 0 Å². The molecule has 1 fully saturated rings. The number of aryl methyl sites for hydroxylation is 1. The molecule has 1 saturated heterocycles. The molecule has 1 aliphatic heterocycles. The largest absolute Gasteiger partial charge is 0.497 e. The first-order valence-electron chi connectivity index (χ1n) is 12.3. The molecule has 2 atom stereocenters. The maximum Gasteiger partial charge on any atom is 0.273 e. The Kier molecular flexibility index (Phi) is 8.59. The number of aromatic nitrogens is 1. The number of primary amides is 1. The third-order valence-corrected chi connectivity index (χ3v) is 7.31. The number of nitrogens with one attached hydrogen (secondary N) is 1. The molecule has 0 radical (unpaired) electrons. The summed E-state index contributed by atoms with van der Waals surface area (Å²) in [5.41, 5.74) is 13.3. The Bertz CT molecular complexity index is 1290. The summed E-state index contributed by atoms with van der Waals surface area (Å²) in [5, 5.41) is 2.96. The lowest BCUT2D eigenvalue weighted by atomic mass is 10.0. The number of nitrogen functional groups attached to an aromatic ring is 1. The van der Waals surface area contributed by atoms with Gasteiger partial charge in [0.25, 0.3) is 11.8 Å². The van der Waals surface area contributed by atoms with Crippen LogP contribution in [0.15, 0.2) is 48.5 Å². The summed E-state index contributed by atoms with van der Waals surface area (Å²) in [5.74, 6) is -1.20. The molecule has 38 heavy (non-hydrogen) atoms. The molecule has 0 aliphatic carbocycles. The molecule has 5 N–H and O–H groups in total. The van der Waals surface area contributed by atoms with E-state index in [0.717, 1.165) is 36.4 Å². The molecule has 200 valence electrons. The number of amides is 3. The van der Waals surface area contributed by atoms with Gasteiger partial charge in [-0.1, -0.05) is 31.2 Å². The quantitative estimate of drug-likeness (QED) is 0.360. The van der Waals surface area contributed by atoms with Crippen LogP contribution in [0.25, 0.3) is 0 Å². The van der Waals surface area contributed by atoms with Gasteiger partial charge < -0.3 is 26.3 Å². The van der Waals surface area contributed by atoms with Gasteiger partial charge in [-0.15, -0.1) is 0 Å². The van der Waals surface area contributed by atoms with E-state index in [0.29, 0.717) is 30.2 Å². The smallest absolute Gasteiger partial charge is 0.273 e. The van der Waals surface area contributed by atoms with E-state index in [1.807, 2.05) is 19.1 Å². The second-order valence-electron chi connectivity index (χ2n) is 8.89. The van der Waals surface area contributed by atoms with E-state index in [-0.39, 0.29) is 22.4 Å². The van der Waals surface area contributed by atoms with Gasteiger partial charge in [0.2, 0.25) is 5.91 Å². The van der Waals surface area contributed by atoms with Gasteiger partial charge in [0, 0.05) is 18.8 Å². The Balaban J connectivity index is 1.80. The maximum absolute atomic E-state index is 14.1. The van der Waals surface area contributed by atoms with E-state index in [9.17, 15) is 14.4 Å². The lowest BCUT2D eigenvalue weighted by Gasteiger charge is -2.31. The van der Waals surface area contributed by atoms with Gasteiger partial charge in [-0.05, 0) is 66.2 Å². The van der Waals surface area contributed by atoms with Crippen molar-refractivity contribution in [3.05, 3.63) is 70.2 Å². The molecule has 2 heterocycles. The van der Waals surface area contributed by atoms with Crippen molar-refractivity contribution in [3.8, 4) is 5.75 Å². The van der Waals surface area contributed by atoms with E-state index in [1.54, 1.807) is 43.5 Å². The summed E-state index contributed by atoms with van der Waals surface area (Å²) in [6.45, 7) is 3.00. The van der Waals surface area contributed by atoms with Crippen molar-refractivity contribution in [2.24, 2.45) is 5.73 Å². The van der Waals surface area contributed by atoms with Crippen molar-refractivity contribution in [3.63, 3.8) is 0 Å². The molecule has 0 spiro atoms. The first kappa shape index (κ1) is 27.1. The van der Waals surface area contributed by atoms with Gasteiger partial charge in [-0.3, -0.25) is 19.3 Å². The Morgan fingerprint density at radius 1 is 1.18 bits per heavy atom. The zero-order chi connectivity index (χ0) is 27.2. The first-order valence-corrected chi connectivity index (χ1v) is 13.1. The van der Waals surface area contributed by atoms with E-state index in [1.165, 1.54) is 4.90 Å². The molecular weight excluding hydrogens is 506 g/mol. The summed E-state index contributed by atoms with van der Waals surface area (Å²) in [4.78, 5) is 41.1. The lowest BCUT2D eigenvalue weighted by molar-refractivity contribution is -0.123. The lowest BCUT2D eigenvalue weighted by Crippen LogP contribution is -2.45. The van der Waals surface area contributed by atoms with Gasteiger partial charge in [-0.25, -0.2) is 0 Å². The Labute approximate surface area is 225 Å². The SMILES string of the molecule is CCc1ccc(N(C(=O)c2snc(C(N)=O)c2N)C(C(=O)NCC2CCCO2)c2ccc(OC)cc2)cc1. The van der Waals surface area contributed by atoms with Crippen molar-refractivity contribution in [2.45, 2.75) is 38.3 Å². The van der Waals surface area contributed by atoms with Crippen molar-refractivity contribution in [1.29, 1.82) is 0 Å². The molecular formula is C27H31N5O5S. The average Bonchev–Trinajstić information content (AvgIpc) is 3.60. The summed E-state index contributed by atoms with van der Waals surface area (Å²) < 4.78 is 14.9. The van der Waals surface area contributed by atoms with Crippen LogP contribution in [-0.4, -0.2) is 48.5 Å². The topological polar surface area (TPSA) is 150 Å². The third-order valence-electron chi connectivity index (χ3n) is 6.46. The van der Waals surface area contributed by atoms with E-state index in [4.69, 9.17) is 20.9 Å².